The van der Waals surface area contributed by atoms with Crippen LogP contribution < -0.4 is 0 Å². The lowest BCUT2D eigenvalue weighted by Crippen LogP contribution is -2.49. The number of alkyl halides is 4. The van der Waals surface area contributed by atoms with Crippen molar-refractivity contribution in [2.75, 3.05) is 0 Å². The van der Waals surface area contributed by atoms with Gasteiger partial charge in [-0.3, -0.25) is 0 Å². The van der Waals surface area contributed by atoms with Crippen LogP contribution in [-0.4, -0.2) is 24.7 Å². The molecule has 0 spiro atoms. The molecule has 3 fully saturated rings. The minimum atomic E-state index is -1.63. The number of halogens is 4. The van der Waals surface area contributed by atoms with Crippen LogP contribution in [0.15, 0.2) is 0 Å². The summed E-state index contributed by atoms with van der Waals surface area (Å²) in [6.07, 6.45) is 0.150. The molecule has 3 aliphatic carbocycles. The fourth-order valence-electron chi connectivity index (χ4n) is 5.61. The van der Waals surface area contributed by atoms with Crippen molar-refractivity contribution in [1.29, 1.82) is 0 Å². The Balaban J connectivity index is 1.63. The van der Waals surface area contributed by atoms with E-state index < -0.39 is 36.5 Å². The van der Waals surface area contributed by atoms with E-state index >= 15 is 0 Å². The third-order valence-electron chi connectivity index (χ3n) is 7.38. The van der Waals surface area contributed by atoms with E-state index in [0.717, 1.165) is 25.7 Å². The Bertz CT molecular complexity index is 406. The Morgan fingerprint density at radius 3 is 1.58 bits per heavy atom. The van der Waals surface area contributed by atoms with Crippen LogP contribution in [0.5, 0.6) is 0 Å². The molecule has 0 nitrogen and oxygen atoms in total. The fourth-order valence-corrected chi connectivity index (χ4v) is 5.61. The van der Waals surface area contributed by atoms with Gasteiger partial charge in [0, 0.05) is 0 Å². The monoisotopic (exact) mass is 348 g/mol. The second kappa shape index (κ2) is 7.53. The highest BCUT2D eigenvalue weighted by atomic mass is 19.2. The van der Waals surface area contributed by atoms with Gasteiger partial charge >= 0.3 is 0 Å². The maximum Gasteiger partial charge on any atom is 0.135 e. The molecule has 0 aliphatic heterocycles. The quantitative estimate of drug-likeness (QED) is 0.518. The second-order valence-corrected chi connectivity index (χ2v) is 8.92. The van der Waals surface area contributed by atoms with Gasteiger partial charge in [-0.05, 0) is 74.0 Å². The Hall–Kier alpha value is -0.280. The number of rotatable bonds is 2. The summed E-state index contributed by atoms with van der Waals surface area (Å²) in [5.74, 6) is -0.843. The number of hydrogen-bond donors (Lipinski definition) is 0. The lowest BCUT2D eigenvalue weighted by Gasteiger charge is -2.45. The van der Waals surface area contributed by atoms with Gasteiger partial charge in [-0.2, -0.15) is 0 Å². The minimum Gasteiger partial charge on any atom is -0.244 e. The first-order chi connectivity index (χ1) is 11.4. The zero-order valence-corrected chi connectivity index (χ0v) is 14.9. The van der Waals surface area contributed by atoms with Gasteiger partial charge in [-0.25, -0.2) is 17.6 Å². The van der Waals surface area contributed by atoms with Crippen LogP contribution in [0.3, 0.4) is 0 Å². The van der Waals surface area contributed by atoms with Gasteiger partial charge in [0.15, 0.2) is 0 Å². The third kappa shape index (κ3) is 3.49. The third-order valence-corrected chi connectivity index (χ3v) is 7.38. The van der Waals surface area contributed by atoms with Crippen LogP contribution in [0.4, 0.5) is 17.6 Å². The summed E-state index contributed by atoms with van der Waals surface area (Å²) >= 11 is 0. The van der Waals surface area contributed by atoms with E-state index in [1.165, 1.54) is 0 Å². The highest BCUT2D eigenvalue weighted by molar-refractivity contribution is 4.98. The zero-order chi connectivity index (χ0) is 17.4. The molecule has 0 aromatic carbocycles. The van der Waals surface area contributed by atoms with E-state index in [9.17, 15) is 17.6 Å². The smallest absolute Gasteiger partial charge is 0.135 e. The van der Waals surface area contributed by atoms with E-state index in [1.807, 2.05) is 0 Å². The molecule has 0 N–H and O–H groups in total. The van der Waals surface area contributed by atoms with E-state index in [2.05, 4.69) is 6.92 Å². The van der Waals surface area contributed by atoms with Crippen LogP contribution in [0.25, 0.3) is 0 Å². The number of hydrogen-bond acceptors (Lipinski definition) is 0. The SMILES string of the molecule is CC1CCC(C2CC[C@@H](C3CCC(C)C(F)C3F)C(F)C2F)CC1. The van der Waals surface area contributed by atoms with Gasteiger partial charge < -0.3 is 0 Å². The first-order valence-corrected chi connectivity index (χ1v) is 9.96. The fraction of sp³-hybridized carbons (Fsp3) is 1.00. The standard InChI is InChI=1S/C20H32F4/c1-11-3-6-13(7-4-11)14-9-10-16(20(24)18(14)22)15-8-5-12(2)17(21)19(15)23/h11-20H,3-10H2,1-2H3/t11?,12?,13?,14?,15?,16-,17?,18?,19?,20?/m0/s1. The minimum absolute atomic E-state index is 0.217. The van der Waals surface area contributed by atoms with E-state index in [-0.39, 0.29) is 17.8 Å². The van der Waals surface area contributed by atoms with Crippen LogP contribution in [0, 0.1) is 35.5 Å². The molecule has 3 rings (SSSR count). The molecule has 4 heteroatoms. The largest absolute Gasteiger partial charge is 0.244 e. The van der Waals surface area contributed by atoms with Gasteiger partial charge in [0.05, 0.1) is 0 Å². The summed E-state index contributed by atoms with van der Waals surface area (Å²) in [4.78, 5) is 0. The van der Waals surface area contributed by atoms with Crippen molar-refractivity contribution in [2.45, 2.75) is 89.9 Å². The molecule has 0 saturated heterocycles. The molecular weight excluding hydrogens is 316 g/mol. The average Bonchev–Trinajstić information content (AvgIpc) is 2.57. The summed E-state index contributed by atoms with van der Waals surface area (Å²) < 4.78 is 58.1. The predicted molar refractivity (Wildman–Crippen MR) is 88.8 cm³/mol. The van der Waals surface area contributed by atoms with Crippen LogP contribution in [0.1, 0.15) is 65.2 Å². The molecule has 0 heterocycles. The van der Waals surface area contributed by atoms with E-state index in [4.69, 9.17) is 0 Å². The topological polar surface area (TPSA) is 0 Å². The van der Waals surface area contributed by atoms with Crippen molar-refractivity contribution in [2.24, 2.45) is 35.5 Å². The molecule has 0 radical (unpaired) electrons. The molecule has 0 amide bonds. The molecule has 8 atom stereocenters. The van der Waals surface area contributed by atoms with Gasteiger partial charge in [0.2, 0.25) is 0 Å². The van der Waals surface area contributed by atoms with Gasteiger partial charge in [-0.15, -0.1) is 0 Å². The Morgan fingerprint density at radius 2 is 0.958 bits per heavy atom. The van der Waals surface area contributed by atoms with Crippen LogP contribution in [-0.2, 0) is 0 Å². The van der Waals surface area contributed by atoms with Gasteiger partial charge in [0.25, 0.3) is 0 Å². The first kappa shape index (κ1) is 18.5. The summed E-state index contributed by atoms with van der Waals surface area (Å²) in [5, 5.41) is 0. The summed E-state index contributed by atoms with van der Waals surface area (Å²) in [5.41, 5.74) is 0. The Morgan fingerprint density at radius 1 is 0.500 bits per heavy atom. The predicted octanol–water partition coefficient (Wildman–Crippen LogP) is 6.24. The molecule has 24 heavy (non-hydrogen) atoms. The maximum atomic E-state index is 14.8. The first-order valence-electron chi connectivity index (χ1n) is 9.96. The van der Waals surface area contributed by atoms with Crippen LogP contribution >= 0.6 is 0 Å². The van der Waals surface area contributed by atoms with Crippen LogP contribution in [0.2, 0.25) is 0 Å². The van der Waals surface area contributed by atoms with Crippen molar-refractivity contribution in [3.63, 3.8) is 0 Å². The molecule has 3 saturated carbocycles. The van der Waals surface area contributed by atoms with Crippen molar-refractivity contribution in [3.8, 4) is 0 Å². The molecule has 0 bridgehead atoms. The maximum absolute atomic E-state index is 14.8. The zero-order valence-electron chi connectivity index (χ0n) is 14.9. The highest BCUT2D eigenvalue weighted by Crippen LogP contribution is 2.49. The average molecular weight is 348 g/mol. The summed E-state index contributed by atoms with van der Waals surface area (Å²) in [6, 6.07) is 0. The lowest BCUT2D eigenvalue weighted by molar-refractivity contribution is -0.0707. The Labute approximate surface area is 143 Å². The molecule has 0 aromatic rings. The van der Waals surface area contributed by atoms with Crippen molar-refractivity contribution >= 4 is 0 Å². The molecule has 7 unspecified atom stereocenters. The van der Waals surface area contributed by atoms with Gasteiger partial charge in [-0.1, -0.05) is 26.7 Å². The van der Waals surface area contributed by atoms with E-state index in [0.29, 0.717) is 31.6 Å². The summed E-state index contributed by atoms with van der Waals surface area (Å²) in [7, 11) is 0. The second-order valence-electron chi connectivity index (χ2n) is 8.92. The molecule has 0 aromatic heterocycles. The molecule has 140 valence electrons. The molecule has 3 aliphatic rings. The Kier molecular flexibility index (Phi) is 5.81. The van der Waals surface area contributed by atoms with Crippen molar-refractivity contribution in [3.05, 3.63) is 0 Å². The summed E-state index contributed by atoms with van der Waals surface area (Å²) in [6.45, 7) is 3.93. The van der Waals surface area contributed by atoms with Crippen molar-refractivity contribution in [1.82, 2.24) is 0 Å². The molecular formula is C20H32F4. The van der Waals surface area contributed by atoms with Crippen molar-refractivity contribution < 1.29 is 17.6 Å². The van der Waals surface area contributed by atoms with E-state index in [1.54, 1.807) is 6.92 Å². The highest BCUT2D eigenvalue weighted by Gasteiger charge is 2.50. The normalized spacial score (nSPS) is 53.8. The lowest BCUT2D eigenvalue weighted by atomic mass is 9.63. The van der Waals surface area contributed by atoms with Gasteiger partial charge in [0.1, 0.15) is 24.7 Å².